The Balaban J connectivity index is 1.68. The van der Waals surface area contributed by atoms with Crippen molar-refractivity contribution in [3.05, 3.63) is 59.7 Å². The summed E-state index contributed by atoms with van der Waals surface area (Å²) in [6.07, 6.45) is 3.51. The van der Waals surface area contributed by atoms with E-state index in [4.69, 9.17) is 0 Å². The van der Waals surface area contributed by atoms with Crippen LogP contribution in [-0.4, -0.2) is 21.0 Å². The van der Waals surface area contributed by atoms with Crippen molar-refractivity contribution >= 4 is 22.4 Å². The van der Waals surface area contributed by atoms with E-state index in [9.17, 15) is 9.90 Å². The number of hydrogen-bond donors (Lipinski definition) is 2. The van der Waals surface area contributed by atoms with Gasteiger partial charge < -0.3 is 10.4 Å². The predicted molar refractivity (Wildman–Crippen MR) is 85.8 cm³/mol. The molecule has 0 aliphatic carbocycles. The summed E-state index contributed by atoms with van der Waals surface area (Å²) in [4.78, 5) is 20.4. The third-order valence-corrected chi connectivity index (χ3v) is 3.83. The summed E-state index contributed by atoms with van der Waals surface area (Å²) in [7, 11) is 0. The number of aromatic hydroxyl groups is 1. The average molecular weight is 311 g/mol. The second-order valence-electron chi connectivity index (χ2n) is 4.63. The quantitative estimate of drug-likeness (QED) is 0.776. The zero-order chi connectivity index (χ0) is 15.4. The van der Waals surface area contributed by atoms with Gasteiger partial charge in [-0.25, -0.2) is 4.98 Å². The number of para-hydroxylation sites is 1. The van der Waals surface area contributed by atoms with Crippen LogP contribution in [0.4, 0.5) is 5.13 Å². The minimum absolute atomic E-state index is 0.108. The highest BCUT2D eigenvalue weighted by Crippen LogP contribution is 2.24. The number of benzene rings is 1. The average Bonchev–Trinajstić information content (AvgIpc) is 2.99. The fourth-order valence-electron chi connectivity index (χ4n) is 1.98. The number of carbonyl (C=O) groups is 1. The molecular weight excluding hydrogens is 298 g/mol. The lowest BCUT2D eigenvalue weighted by Crippen LogP contribution is -2.14. The normalized spacial score (nSPS) is 10.4. The van der Waals surface area contributed by atoms with E-state index in [0.29, 0.717) is 10.7 Å². The summed E-state index contributed by atoms with van der Waals surface area (Å²) in [6, 6.07) is 10.5. The van der Waals surface area contributed by atoms with Gasteiger partial charge in [0.2, 0.25) is 5.91 Å². The Labute approximate surface area is 131 Å². The maximum absolute atomic E-state index is 12.0. The van der Waals surface area contributed by atoms with Crippen molar-refractivity contribution < 1.29 is 9.90 Å². The molecule has 22 heavy (non-hydrogen) atoms. The van der Waals surface area contributed by atoms with E-state index in [1.807, 2.05) is 17.5 Å². The minimum atomic E-state index is -0.211. The van der Waals surface area contributed by atoms with Crippen molar-refractivity contribution in [2.75, 3.05) is 5.32 Å². The van der Waals surface area contributed by atoms with Crippen molar-refractivity contribution in [3.63, 3.8) is 0 Å². The zero-order valence-electron chi connectivity index (χ0n) is 11.6. The Morgan fingerprint density at radius 3 is 2.73 bits per heavy atom. The lowest BCUT2D eigenvalue weighted by Gasteiger charge is -2.04. The summed E-state index contributed by atoms with van der Waals surface area (Å²) < 4.78 is 0. The molecule has 6 heteroatoms. The van der Waals surface area contributed by atoms with E-state index in [-0.39, 0.29) is 18.1 Å². The molecule has 3 rings (SSSR count). The molecule has 2 aromatic heterocycles. The Morgan fingerprint density at radius 1 is 1.18 bits per heavy atom. The minimum Gasteiger partial charge on any atom is -0.508 e. The SMILES string of the molecule is O=C(Cc1ccccc1O)Nc1nc(-c2ccncc2)cs1. The molecule has 0 saturated carbocycles. The van der Waals surface area contributed by atoms with Crippen LogP contribution in [0.3, 0.4) is 0 Å². The molecule has 0 bridgehead atoms. The van der Waals surface area contributed by atoms with E-state index < -0.39 is 0 Å². The maximum atomic E-state index is 12.0. The van der Waals surface area contributed by atoms with Crippen LogP contribution in [-0.2, 0) is 11.2 Å². The van der Waals surface area contributed by atoms with Gasteiger partial charge in [0, 0.05) is 28.9 Å². The number of anilines is 1. The number of carbonyl (C=O) groups excluding carboxylic acids is 1. The number of pyridine rings is 1. The summed E-state index contributed by atoms with van der Waals surface area (Å²) in [6.45, 7) is 0. The van der Waals surface area contributed by atoms with E-state index in [1.54, 1.807) is 36.7 Å². The molecule has 0 radical (unpaired) electrons. The summed E-state index contributed by atoms with van der Waals surface area (Å²) in [5.74, 6) is -0.0913. The van der Waals surface area contributed by atoms with Crippen molar-refractivity contribution in [2.24, 2.45) is 0 Å². The van der Waals surface area contributed by atoms with E-state index >= 15 is 0 Å². The van der Waals surface area contributed by atoms with Crippen LogP contribution in [0.1, 0.15) is 5.56 Å². The van der Waals surface area contributed by atoms with Crippen LogP contribution in [0.5, 0.6) is 5.75 Å². The second-order valence-corrected chi connectivity index (χ2v) is 5.49. The highest BCUT2D eigenvalue weighted by atomic mass is 32.1. The standard InChI is InChI=1S/C16H13N3O2S/c20-14-4-2-1-3-12(14)9-15(21)19-16-18-13(10-22-16)11-5-7-17-8-6-11/h1-8,10,20H,9H2,(H,18,19,21). The molecule has 1 amide bonds. The van der Waals surface area contributed by atoms with Gasteiger partial charge in [-0.15, -0.1) is 11.3 Å². The Morgan fingerprint density at radius 2 is 1.95 bits per heavy atom. The lowest BCUT2D eigenvalue weighted by atomic mass is 10.1. The Hall–Kier alpha value is -2.73. The second kappa shape index (κ2) is 6.36. The molecular formula is C16H13N3O2S. The number of rotatable bonds is 4. The molecule has 0 atom stereocenters. The van der Waals surface area contributed by atoms with Crippen LogP contribution < -0.4 is 5.32 Å². The molecule has 0 unspecified atom stereocenters. The summed E-state index contributed by atoms with van der Waals surface area (Å²) in [5.41, 5.74) is 2.34. The van der Waals surface area contributed by atoms with Gasteiger partial charge >= 0.3 is 0 Å². The number of aromatic nitrogens is 2. The van der Waals surface area contributed by atoms with Crippen molar-refractivity contribution in [2.45, 2.75) is 6.42 Å². The number of nitrogens with one attached hydrogen (secondary N) is 1. The smallest absolute Gasteiger partial charge is 0.230 e. The fourth-order valence-corrected chi connectivity index (χ4v) is 2.72. The van der Waals surface area contributed by atoms with Crippen LogP contribution in [0.25, 0.3) is 11.3 Å². The molecule has 1 aromatic carbocycles. The highest BCUT2D eigenvalue weighted by molar-refractivity contribution is 7.14. The molecule has 5 nitrogen and oxygen atoms in total. The van der Waals surface area contributed by atoms with Gasteiger partial charge in [0.25, 0.3) is 0 Å². The van der Waals surface area contributed by atoms with Crippen LogP contribution in [0.2, 0.25) is 0 Å². The Kier molecular flexibility index (Phi) is 4.11. The van der Waals surface area contributed by atoms with Gasteiger partial charge in [-0.2, -0.15) is 0 Å². The molecule has 110 valence electrons. The van der Waals surface area contributed by atoms with Crippen LogP contribution >= 0.6 is 11.3 Å². The van der Waals surface area contributed by atoms with Crippen LogP contribution in [0, 0.1) is 0 Å². The molecule has 0 aliphatic rings. The van der Waals surface area contributed by atoms with Crippen LogP contribution in [0.15, 0.2) is 54.2 Å². The zero-order valence-corrected chi connectivity index (χ0v) is 12.4. The number of nitrogens with zero attached hydrogens (tertiary/aromatic N) is 2. The van der Waals surface area contributed by atoms with E-state index in [1.165, 1.54) is 11.3 Å². The fraction of sp³-hybridized carbons (Fsp3) is 0.0625. The number of phenolic OH excluding ortho intramolecular Hbond substituents is 1. The molecule has 0 fully saturated rings. The van der Waals surface area contributed by atoms with Crippen molar-refractivity contribution in [1.29, 1.82) is 0 Å². The van der Waals surface area contributed by atoms with Gasteiger partial charge in [-0.05, 0) is 18.2 Å². The molecule has 2 heterocycles. The number of amides is 1. The molecule has 3 aromatic rings. The van der Waals surface area contributed by atoms with E-state index in [0.717, 1.165) is 11.3 Å². The predicted octanol–water partition coefficient (Wildman–Crippen LogP) is 3.09. The topological polar surface area (TPSA) is 75.1 Å². The van der Waals surface area contributed by atoms with Gasteiger partial charge in [-0.3, -0.25) is 9.78 Å². The monoisotopic (exact) mass is 311 g/mol. The van der Waals surface area contributed by atoms with Gasteiger partial charge in [-0.1, -0.05) is 18.2 Å². The first-order valence-corrected chi connectivity index (χ1v) is 7.53. The molecule has 0 saturated heterocycles. The molecule has 2 N–H and O–H groups in total. The van der Waals surface area contributed by atoms with Gasteiger partial charge in [0.1, 0.15) is 5.75 Å². The summed E-state index contributed by atoms with van der Waals surface area (Å²) >= 11 is 1.36. The van der Waals surface area contributed by atoms with E-state index in [2.05, 4.69) is 15.3 Å². The third kappa shape index (κ3) is 3.29. The number of hydrogen-bond acceptors (Lipinski definition) is 5. The first-order valence-electron chi connectivity index (χ1n) is 6.65. The number of thiazole rings is 1. The van der Waals surface area contributed by atoms with Gasteiger partial charge in [0.05, 0.1) is 12.1 Å². The highest BCUT2D eigenvalue weighted by Gasteiger charge is 2.10. The lowest BCUT2D eigenvalue weighted by molar-refractivity contribution is -0.115. The largest absolute Gasteiger partial charge is 0.508 e. The van der Waals surface area contributed by atoms with Crippen molar-refractivity contribution in [1.82, 2.24) is 9.97 Å². The maximum Gasteiger partial charge on any atom is 0.230 e. The Bertz CT molecular complexity index is 787. The van der Waals surface area contributed by atoms with Crippen molar-refractivity contribution in [3.8, 4) is 17.0 Å². The first kappa shape index (κ1) is 14.2. The third-order valence-electron chi connectivity index (χ3n) is 3.07. The molecule has 0 aliphatic heterocycles. The molecule has 0 spiro atoms. The summed E-state index contributed by atoms with van der Waals surface area (Å²) in [5, 5.41) is 14.8. The van der Waals surface area contributed by atoms with Gasteiger partial charge in [0.15, 0.2) is 5.13 Å². The first-order chi connectivity index (χ1) is 10.7. The number of phenols is 1.